The molecule has 7 heteroatoms. The molecular formula is C22H27ClN4O2. The normalized spacial score (nSPS) is 17.4. The van der Waals surface area contributed by atoms with Crippen molar-refractivity contribution in [2.75, 3.05) is 56.2 Å². The first kappa shape index (κ1) is 19.8. The zero-order valence-corrected chi connectivity index (χ0v) is 17.6. The molecule has 0 bridgehead atoms. The van der Waals surface area contributed by atoms with E-state index in [9.17, 15) is 4.79 Å². The Hall–Kier alpha value is -2.47. The van der Waals surface area contributed by atoms with Gasteiger partial charge in [0.05, 0.1) is 17.7 Å². The first-order chi connectivity index (χ1) is 14.2. The quantitative estimate of drug-likeness (QED) is 0.763. The number of piperidine rings is 1. The first-order valence-electron chi connectivity index (χ1n) is 10.2. The molecule has 2 aliphatic heterocycles. The lowest BCUT2D eigenvalue weighted by molar-refractivity contribution is 0.0724. The average molecular weight is 415 g/mol. The van der Waals surface area contributed by atoms with E-state index in [-0.39, 0.29) is 5.91 Å². The first-order valence-corrected chi connectivity index (χ1v) is 10.6. The zero-order valence-electron chi connectivity index (χ0n) is 16.8. The van der Waals surface area contributed by atoms with E-state index < -0.39 is 0 Å². The van der Waals surface area contributed by atoms with Gasteiger partial charge < -0.3 is 19.4 Å². The number of amides is 1. The summed E-state index contributed by atoms with van der Waals surface area (Å²) in [7, 11) is 1.68. The highest BCUT2D eigenvalue weighted by Gasteiger charge is 2.23. The van der Waals surface area contributed by atoms with Crippen LogP contribution < -0.4 is 14.5 Å². The van der Waals surface area contributed by atoms with Crippen molar-refractivity contribution in [1.29, 1.82) is 0 Å². The lowest BCUT2D eigenvalue weighted by Crippen LogP contribution is -2.47. The van der Waals surface area contributed by atoms with Gasteiger partial charge in [0.25, 0.3) is 5.91 Å². The Morgan fingerprint density at radius 2 is 1.72 bits per heavy atom. The summed E-state index contributed by atoms with van der Waals surface area (Å²) in [6.07, 6.45) is 5.02. The van der Waals surface area contributed by atoms with Gasteiger partial charge in [-0.25, -0.2) is 4.98 Å². The summed E-state index contributed by atoms with van der Waals surface area (Å²) in [4.78, 5) is 23.7. The summed E-state index contributed by atoms with van der Waals surface area (Å²) in [5.74, 6) is 1.66. The third-order valence-electron chi connectivity index (χ3n) is 5.71. The fourth-order valence-electron chi connectivity index (χ4n) is 4.04. The zero-order chi connectivity index (χ0) is 20.2. The van der Waals surface area contributed by atoms with Crippen LogP contribution in [0, 0.1) is 0 Å². The third-order valence-corrected chi connectivity index (χ3v) is 5.99. The smallest absolute Gasteiger partial charge is 0.255 e. The number of likely N-dealkylation sites (tertiary alicyclic amines) is 1. The van der Waals surface area contributed by atoms with Crippen molar-refractivity contribution >= 4 is 29.0 Å². The van der Waals surface area contributed by atoms with Crippen LogP contribution in [-0.2, 0) is 0 Å². The van der Waals surface area contributed by atoms with Gasteiger partial charge in [0.2, 0.25) is 0 Å². The number of hydrogen-bond donors (Lipinski definition) is 0. The van der Waals surface area contributed by atoms with Crippen molar-refractivity contribution in [2.45, 2.75) is 19.3 Å². The van der Waals surface area contributed by atoms with Gasteiger partial charge in [-0.1, -0.05) is 17.7 Å². The number of aromatic nitrogens is 1. The van der Waals surface area contributed by atoms with E-state index in [1.54, 1.807) is 19.4 Å². The molecular weight excluding hydrogens is 388 g/mol. The van der Waals surface area contributed by atoms with Crippen molar-refractivity contribution in [1.82, 2.24) is 9.88 Å². The second-order valence-corrected chi connectivity index (χ2v) is 7.97. The summed E-state index contributed by atoms with van der Waals surface area (Å²) in [5.41, 5.74) is 1.74. The molecule has 1 aromatic heterocycles. The largest absolute Gasteiger partial charge is 0.497 e. The van der Waals surface area contributed by atoms with Gasteiger partial charge in [-0.3, -0.25) is 4.79 Å². The lowest BCUT2D eigenvalue weighted by Gasteiger charge is -2.37. The number of carbonyl (C=O) groups is 1. The highest BCUT2D eigenvalue weighted by atomic mass is 35.5. The molecule has 1 aromatic carbocycles. The molecule has 0 aliphatic carbocycles. The van der Waals surface area contributed by atoms with Crippen molar-refractivity contribution in [3.63, 3.8) is 0 Å². The van der Waals surface area contributed by atoms with Crippen LogP contribution in [-0.4, -0.2) is 62.2 Å². The fourth-order valence-corrected chi connectivity index (χ4v) is 4.33. The predicted molar refractivity (Wildman–Crippen MR) is 116 cm³/mol. The minimum Gasteiger partial charge on any atom is -0.497 e. The molecule has 0 radical (unpaired) electrons. The molecule has 2 aliphatic rings. The van der Waals surface area contributed by atoms with Gasteiger partial charge in [-0.2, -0.15) is 0 Å². The van der Waals surface area contributed by atoms with Crippen LogP contribution in [0.5, 0.6) is 5.75 Å². The summed E-state index contributed by atoms with van der Waals surface area (Å²) in [5, 5.41) is 0.544. The highest BCUT2D eigenvalue weighted by molar-refractivity contribution is 6.33. The molecule has 2 fully saturated rings. The molecule has 0 saturated carbocycles. The predicted octanol–water partition coefficient (Wildman–Crippen LogP) is 3.70. The number of pyridine rings is 1. The SMILES string of the molecule is COc1cccc(N2CCN(c3ncc(C(=O)N4CCCCC4)cc3Cl)CC2)c1. The molecule has 0 spiro atoms. The standard InChI is InChI=1S/C22H27ClN4O2/c1-29-19-7-5-6-18(15-19)25-10-12-26(13-11-25)21-20(23)14-17(16-24-21)22(28)27-8-3-2-4-9-27/h5-7,14-16H,2-4,8-13H2,1H3. The van der Waals surface area contributed by atoms with E-state index in [1.807, 2.05) is 17.0 Å². The number of piperazine rings is 1. The van der Waals surface area contributed by atoms with Crippen LogP contribution in [0.1, 0.15) is 29.6 Å². The van der Waals surface area contributed by atoms with Gasteiger partial charge in [0.15, 0.2) is 0 Å². The number of anilines is 2. The van der Waals surface area contributed by atoms with Crippen LogP contribution in [0.25, 0.3) is 0 Å². The highest BCUT2D eigenvalue weighted by Crippen LogP contribution is 2.28. The van der Waals surface area contributed by atoms with E-state index in [0.717, 1.165) is 69.4 Å². The minimum atomic E-state index is 0.0356. The Kier molecular flexibility index (Phi) is 6.09. The minimum absolute atomic E-state index is 0.0356. The van der Waals surface area contributed by atoms with Gasteiger partial charge in [-0.05, 0) is 37.5 Å². The summed E-state index contributed by atoms with van der Waals surface area (Å²) >= 11 is 6.53. The van der Waals surface area contributed by atoms with Crippen LogP contribution in [0.4, 0.5) is 11.5 Å². The number of halogens is 1. The maximum atomic E-state index is 12.7. The molecule has 2 saturated heterocycles. The van der Waals surface area contributed by atoms with Gasteiger partial charge in [0, 0.05) is 57.2 Å². The van der Waals surface area contributed by atoms with Crippen LogP contribution in [0.2, 0.25) is 5.02 Å². The van der Waals surface area contributed by atoms with Crippen molar-refractivity contribution < 1.29 is 9.53 Å². The third kappa shape index (κ3) is 4.42. The number of ether oxygens (including phenoxy) is 1. The Bertz CT molecular complexity index is 862. The van der Waals surface area contributed by atoms with E-state index in [0.29, 0.717) is 10.6 Å². The second-order valence-electron chi connectivity index (χ2n) is 7.56. The Morgan fingerprint density at radius 3 is 2.41 bits per heavy atom. The van der Waals surface area contributed by atoms with Gasteiger partial charge in [0.1, 0.15) is 11.6 Å². The molecule has 154 valence electrons. The van der Waals surface area contributed by atoms with Crippen LogP contribution in [0.15, 0.2) is 36.5 Å². The Morgan fingerprint density at radius 1 is 1.00 bits per heavy atom. The van der Waals surface area contributed by atoms with E-state index in [2.05, 4.69) is 26.9 Å². The number of methoxy groups -OCH3 is 1. The molecule has 0 atom stereocenters. The molecule has 0 N–H and O–H groups in total. The second kappa shape index (κ2) is 8.91. The maximum absolute atomic E-state index is 12.7. The van der Waals surface area contributed by atoms with E-state index >= 15 is 0 Å². The summed E-state index contributed by atoms with van der Waals surface area (Å²) in [6, 6.07) is 9.90. The topological polar surface area (TPSA) is 48.9 Å². The average Bonchev–Trinajstić information content (AvgIpc) is 2.79. The molecule has 2 aromatic rings. The van der Waals surface area contributed by atoms with Gasteiger partial charge in [-0.15, -0.1) is 0 Å². The van der Waals surface area contributed by atoms with E-state index in [4.69, 9.17) is 16.3 Å². The van der Waals surface area contributed by atoms with Crippen molar-refractivity contribution in [2.24, 2.45) is 0 Å². The monoisotopic (exact) mass is 414 g/mol. The summed E-state index contributed by atoms with van der Waals surface area (Å²) in [6.45, 7) is 5.04. The maximum Gasteiger partial charge on any atom is 0.255 e. The van der Waals surface area contributed by atoms with Crippen molar-refractivity contribution in [3.8, 4) is 5.75 Å². The molecule has 29 heavy (non-hydrogen) atoms. The number of carbonyl (C=O) groups excluding carboxylic acids is 1. The Labute approximate surface area is 177 Å². The van der Waals surface area contributed by atoms with Crippen LogP contribution >= 0.6 is 11.6 Å². The lowest BCUT2D eigenvalue weighted by atomic mass is 10.1. The number of hydrogen-bond acceptors (Lipinski definition) is 5. The van der Waals surface area contributed by atoms with Crippen molar-refractivity contribution in [3.05, 3.63) is 47.1 Å². The molecule has 3 heterocycles. The molecule has 4 rings (SSSR count). The number of rotatable bonds is 4. The van der Waals surface area contributed by atoms with Crippen LogP contribution in [0.3, 0.4) is 0 Å². The summed E-state index contributed by atoms with van der Waals surface area (Å²) < 4.78 is 5.33. The van der Waals surface area contributed by atoms with Gasteiger partial charge >= 0.3 is 0 Å². The number of nitrogens with zero attached hydrogens (tertiary/aromatic N) is 4. The molecule has 1 amide bonds. The number of benzene rings is 1. The molecule has 6 nitrogen and oxygen atoms in total. The fraction of sp³-hybridized carbons (Fsp3) is 0.455. The molecule has 0 unspecified atom stereocenters. The van der Waals surface area contributed by atoms with E-state index in [1.165, 1.54) is 6.42 Å². The Balaban J connectivity index is 1.41.